The molecule has 0 unspecified atom stereocenters. The number of rotatable bonds is 9. The van der Waals surface area contributed by atoms with Gasteiger partial charge in [-0.3, -0.25) is 19.5 Å². The van der Waals surface area contributed by atoms with Crippen molar-refractivity contribution < 1.29 is 24.3 Å². The molecule has 3 aromatic rings. The van der Waals surface area contributed by atoms with Crippen LogP contribution in [0.1, 0.15) is 5.69 Å². The molecule has 2 aliphatic rings. The maximum absolute atomic E-state index is 13.0. The molecule has 5 heterocycles. The Morgan fingerprint density at radius 2 is 2.13 bits per heavy atom. The number of amides is 2. The first-order chi connectivity index (χ1) is 18.4. The molecular weight excluding hydrogens is 573 g/mol. The number of oxime groups is 1. The van der Waals surface area contributed by atoms with E-state index in [9.17, 15) is 19.5 Å². The zero-order valence-electron chi connectivity index (χ0n) is 19.4. The van der Waals surface area contributed by atoms with Gasteiger partial charge in [-0.15, -0.1) is 33.3 Å². The molecule has 3 aromatic heterocycles. The molecule has 17 heteroatoms. The van der Waals surface area contributed by atoms with Gasteiger partial charge in [-0.2, -0.15) is 0 Å². The first-order valence-electron chi connectivity index (χ1n) is 10.8. The van der Waals surface area contributed by atoms with E-state index in [2.05, 4.69) is 30.6 Å². The van der Waals surface area contributed by atoms with Gasteiger partial charge in [0, 0.05) is 34.8 Å². The van der Waals surface area contributed by atoms with Gasteiger partial charge < -0.3 is 21.0 Å². The van der Waals surface area contributed by atoms with Crippen LogP contribution in [0.5, 0.6) is 0 Å². The van der Waals surface area contributed by atoms with E-state index in [-0.39, 0.29) is 22.2 Å². The Morgan fingerprint density at radius 3 is 2.82 bits per heavy atom. The Balaban J connectivity index is 1.28. The number of hydrogen-bond acceptors (Lipinski definition) is 14. The number of nitrogens with one attached hydrogen (secondary N) is 1. The third-order valence-corrected chi connectivity index (χ3v) is 9.61. The maximum Gasteiger partial charge on any atom is 0.352 e. The average molecular weight is 591 g/mol. The lowest BCUT2D eigenvalue weighted by Gasteiger charge is -2.49. The van der Waals surface area contributed by atoms with Crippen LogP contribution in [0.2, 0.25) is 0 Å². The Labute approximate surface area is 231 Å². The molecular formula is C21H18N8O5S4. The molecule has 4 N–H and O–H groups in total. The molecule has 38 heavy (non-hydrogen) atoms. The van der Waals surface area contributed by atoms with Gasteiger partial charge in [-0.25, -0.2) is 9.78 Å². The fourth-order valence-corrected chi connectivity index (χ4v) is 7.61. The van der Waals surface area contributed by atoms with Gasteiger partial charge in [-0.1, -0.05) is 28.3 Å². The molecule has 0 saturated carbocycles. The highest BCUT2D eigenvalue weighted by atomic mass is 32.2. The summed E-state index contributed by atoms with van der Waals surface area (Å²) in [6.45, 7) is 0. The van der Waals surface area contributed by atoms with Gasteiger partial charge in [0.2, 0.25) is 0 Å². The Morgan fingerprint density at radius 1 is 1.34 bits per heavy atom. The topological polar surface area (TPSA) is 186 Å². The van der Waals surface area contributed by atoms with E-state index >= 15 is 0 Å². The summed E-state index contributed by atoms with van der Waals surface area (Å²) in [6, 6.07) is 2.73. The van der Waals surface area contributed by atoms with Crippen LogP contribution in [-0.2, 0) is 19.2 Å². The molecule has 1 saturated heterocycles. The summed E-state index contributed by atoms with van der Waals surface area (Å²) in [6.07, 6.45) is 3.34. The summed E-state index contributed by atoms with van der Waals surface area (Å²) in [5, 5.41) is 26.6. The SMILES string of the molecule is CON=C(C(=O)N[C@@H]1C(=O)N2C(C(=O)O)=C(CSc3nnc(-c4ccncc4)s3)CS[C@@H]12)c1csc(N)n1. The summed E-state index contributed by atoms with van der Waals surface area (Å²) in [5.74, 6) is -1.73. The van der Waals surface area contributed by atoms with E-state index in [0.717, 1.165) is 21.9 Å². The number of carbonyl (C=O) groups excluding carboxylic acids is 2. The van der Waals surface area contributed by atoms with Crippen molar-refractivity contribution in [1.82, 2.24) is 30.4 Å². The minimum atomic E-state index is -1.21. The van der Waals surface area contributed by atoms with Crippen LogP contribution >= 0.6 is 46.2 Å². The summed E-state index contributed by atoms with van der Waals surface area (Å²) in [4.78, 5) is 52.1. The van der Waals surface area contributed by atoms with Gasteiger partial charge in [0.05, 0.1) is 0 Å². The normalized spacial score (nSPS) is 19.1. The van der Waals surface area contributed by atoms with Gasteiger partial charge in [0.25, 0.3) is 11.8 Å². The molecule has 0 bridgehead atoms. The summed E-state index contributed by atoms with van der Waals surface area (Å²) in [5.41, 5.74) is 7.12. The van der Waals surface area contributed by atoms with Crippen LogP contribution in [0.15, 0.2) is 50.7 Å². The number of carboxylic acids is 1. The third kappa shape index (κ3) is 5.09. The number of carbonyl (C=O) groups is 3. The van der Waals surface area contributed by atoms with Crippen LogP contribution in [0.4, 0.5) is 5.13 Å². The smallest absolute Gasteiger partial charge is 0.352 e. The van der Waals surface area contributed by atoms with Crippen molar-refractivity contribution in [3.8, 4) is 10.6 Å². The Hall–Kier alpha value is -3.54. The first kappa shape index (κ1) is 26.1. The fourth-order valence-electron chi connectivity index (χ4n) is 3.72. The number of hydrogen-bond donors (Lipinski definition) is 3. The van der Waals surface area contributed by atoms with Crippen molar-refractivity contribution in [2.24, 2.45) is 5.16 Å². The highest BCUT2D eigenvalue weighted by Gasteiger charge is 2.54. The zero-order chi connectivity index (χ0) is 26.8. The van der Waals surface area contributed by atoms with E-state index in [1.807, 2.05) is 12.1 Å². The number of nitrogen functional groups attached to an aromatic ring is 1. The summed E-state index contributed by atoms with van der Waals surface area (Å²) in [7, 11) is 1.28. The standard InChI is InChI=1S/C21H18N8O5S4/c1-34-28-12(11-8-36-20(22)24-11)15(30)25-13-17(31)29-14(19(32)33)10(6-35-18(13)29)7-37-21-27-26-16(38-21)9-2-4-23-5-3-9/h2-5,8,13,18H,6-7H2,1H3,(H2,22,24)(H,25,30)(H,32,33)/t13-,18+/m1/s1. The number of thioether (sulfide) groups is 2. The highest BCUT2D eigenvalue weighted by Crippen LogP contribution is 2.42. The Bertz CT molecular complexity index is 1460. The quantitative estimate of drug-likeness (QED) is 0.141. The molecule has 0 aliphatic carbocycles. The molecule has 1 fully saturated rings. The predicted molar refractivity (Wildman–Crippen MR) is 144 cm³/mol. The van der Waals surface area contributed by atoms with Crippen molar-refractivity contribution in [2.45, 2.75) is 15.8 Å². The molecule has 13 nitrogen and oxygen atoms in total. The number of fused-ring (bicyclic) bond motifs is 1. The lowest BCUT2D eigenvalue weighted by atomic mass is 10.0. The average Bonchev–Trinajstić information content (AvgIpc) is 3.58. The first-order valence-corrected chi connectivity index (χ1v) is 14.5. The monoisotopic (exact) mass is 590 g/mol. The number of nitrogens with two attached hydrogens (primary N) is 1. The number of carboxylic acid groups (broad SMARTS) is 1. The zero-order valence-corrected chi connectivity index (χ0v) is 22.7. The number of β-lactam (4-membered cyclic amide) rings is 1. The van der Waals surface area contributed by atoms with E-state index < -0.39 is 29.2 Å². The van der Waals surface area contributed by atoms with Crippen LogP contribution in [0, 0.1) is 0 Å². The van der Waals surface area contributed by atoms with E-state index in [1.54, 1.807) is 17.8 Å². The molecule has 2 amide bonds. The van der Waals surface area contributed by atoms with Crippen LogP contribution in [-0.4, -0.2) is 83.7 Å². The van der Waals surface area contributed by atoms with E-state index in [4.69, 9.17) is 10.6 Å². The fraction of sp³-hybridized carbons (Fsp3) is 0.238. The van der Waals surface area contributed by atoms with E-state index in [1.165, 1.54) is 46.9 Å². The molecule has 0 spiro atoms. The number of anilines is 1. The molecule has 0 radical (unpaired) electrons. The lowest BCUT2D eigenvalue weighted by molar-refractivity contribution is -0.150. The number of nitrogens with zero attached hydrogens (tertiary/aromatic N) is 6. The second-order valence-electron chi connectivity index (χ2n) is 7.71. The third-order valence-electron chi connectivity index (χ3n) is 5.40. The minimum Gasteiger partial charge on any atom is -0.477 e. The van der Waals surface area contributed by atoms with Gasteiger partial charge in [-0.05, 0) is 17.7 Å². The minimum absolute atomic E-state index is 0.0753. The van der Waals surface area contributed by atoms with E-state index in [0.29, 0.717) is 21.4 Å². The molecule has 2 aliphatic heterocycles. The van der Waals surface area contributed by atoms with Gasteiger partial charge >= 0.3 is 5.97 Å². The summed E-state index contributed by atoms with van der Waals surface area (Å²) >= 11 is 5.24. The maximum atomic E-state index is 13.0. The largest absolute Gasteiger partial charge is 0.477 e. The van der Waals surface area contributed by atoms with Crippen LogP contribution in [0.25, 0.3) is 10.6 Å². The van der Waals surface area contributed by atoms with Gasteiger partial charge in [0.15, 0.2) is 15.2 Å². The number of thiazole rings is 1. The number of aromatic nitrogens is 4. The molecule has 196 valence electrons. The lowest BCUT2D eigenvalue weighted by Crippen LogP contribution is -2.71. The second kappa shape index (κ2) is 11.1. The highest BCUT2D eigenvalue weighted by molar-refractivity contribution is 8.01. The number of aliphatic carboxylic acids is 1. The van der Waals surface area contributed by atoms with Crippen molar-refractivity contribution in [3.63, 3.8) is 0 Å². The molecule has 0 aromatic carbocycles. The van der Waals surface area contributed by atoms with Crippen LogP contribution < -0.4 is 11.1 Å². The van der Waals surface area contributed by atoms with Gasteiger partial charge in [0.1, 0.15) is 34.9 Å². The van der Waals surface area contributed by atoms with Crippen molar-refractivity contribution >= 4 is 74.8 Å². The van der Waals surface area contributed by atoms with Crippen molar-refractivity contribution in [3.05, 3.63) is 46.9 Å². The van der Waals surface area contributed by atoms with Crippen LogP contribution in [0.3, 0.4) is 0 Å². The summed E-state index contributed by atoms with van der Waals surface area (Å²) < 4.78 is 0.675. The van der Waals surface area contributed by atoms with Crippen molar-refractivity contribution in [2.75, 3.05) is 24.3 Å². The predicted octanol–water partition coefficient (Wildman–Crippen LogP) is 1.52. The van der Waals surface area contributed by atoms with Crippen molar-refractivity contribution in [1.29, 1.82) is 0 Å². The Kier molecular flexibility index (Phi) is 7.59. The second-order valence-corrected chi connectivity index (χ2v) is 11.9. The number of pyridine rings is 1. The molecule has 2 atom stereocenters. The molecule has 5 rings (SSSR count).